The molecule has 0 spiro atoms. The summed E-state index contributed by atoms with van der Waals surface area (Å²) in [5.74, 6) is 0. The van der Waals surface area contributed by atoms with Crippen LogP contribution in [0.4, 0.5) is 13.2 Å². The first-order valence-corrected chi connectivity index (χ1v) is 5.82. The predicted octanol–water partition coefficient (Wildman–Crippen LogP) is 2.65. The van der Waals surface area contributed by atoms with Crippen LogP contribution in [0.3, 0.4) is 0 Å². The molecule has 0 aliphatic heterocycles. The Morgan fingerprint density at radius 3 is 2.19 bits per heavy atom. The summed E-state index contributed by atoms with van der Waals surface area (Å²) in [7, 11) is 1.75. The number of halogens is 3. The molecule has 0 heterocycles. The van der Waals surface area contributed by atoms with Gasteiger partial charge in [0.25, 0.3) is 0 Å². The van der Waals surface area contributed by atoms with Crippen LogP contribution in [0.2, 0.25) is 0 Å². The van der Waals surface area contributed by atoms with E-state index in [4.69, 9.17) is 0 Å². The van der Waals surface area contributed by atoms with Crippen LogP contribution in [0.15, 0.2) is 0 Å². The van der Waals surface area contributed by atoms with Gasteiger partial charge in [-0.25, -0.2) is 0 Å². The van der Waals surface area contributed by atoms with Crippen molar-refractivity contribution >= 4 is 0 Å². The minimum Gasteiger partial charge on any atom is -0.313 e. The zero-order valence-electron chi connectivity index (χ0n) is 10.6. The van der Waals surface area contributed by atoms with E-state index < -0.39 is 12.6 Å². The fourth-order valence-electron chi connectivity index (χ4n) is 1.73. The Morgan fingerprint density at radius 1 is 1.25 bits per heavy atom. The molecular formula is C11H23F3N2. The first-order chi connectivity index (χ1) is 7.31. The van der Waals surface area contributed by atoms with Crippen LogP contribution in [0.25, 0.3) is 0 Å². The second-order valence-corrected chi connectivity index (χ2v) is 4.16. The summed E-state index contributed by atoms with van der Waals surface area (Å²) in [6.45, 7) is 6.92. The summed E-state index contributed by atoms with van der Waals surface area (Å²) in [6, 6.07) is 0.371. The summed E-state index contributed by atoms with van der Waals surface area (Å²) in [4.78, 5) is 1.77. The third-order valence-electron chi connectivity index (χ3n) is 2.93. The molecule has 0 saturated heterocycles. The largest absolute Gasteiger partial charge is 0.390 e. The molecule has 0 radical (unpaired) electrons. The molecule has 2 atom stereocenters. The van der Waals surface area contributed by atoms with E-state index in [-0.39, 0.29) is 18.6 Å². The molecule has 16 heavy (non-hydrogen) atoms. The van der Waals surface area contributed by atoms with Gasteiger partial charge in [0.2, 0.25) is 0 Å². The van der Waals surface area contributed by atoms with Gasteiger partial charge in [0, 0.05) is 18.6 Å². The lowest BCUT2D eigenvalue weighted by Crippen LogP contribution is -2.47. The zero-order chi connectivity index (χ0) is 12.8. The summed E-state index contributed by atoms with van der Waals surface area (Å²) in [5.41, 5.74) is 0. The molecule has 1 N–H and O–H groups in total. The number of likely N-dealkylation sites (N-methyl/N-ethyl adjacent to an activating group) is 2. The first kappa shape index (κ1) is 15.7. The monoisotopic (exact) mass is 240 g/mol. The summed E-state index contributed by atoms with van der Waals surface area (Å²) in [5, 5.41) is 3.29. The molecule has 98 valence electrons. The lowest BCUT2D eigenvalue weighted by Gasteiger charge is -2.32. The van der Waals surface area contributed by atoms with Crippen LogP contribution >= 0.6 is 0 Å². The average Bonchev–Trinajstić information content (AvgIpc) is 2.20. The van der Waals surface area contributed by atoms with E-state index in [1.807, 2.05) is 20.8 Å². The smallest absolute Gasteiger partial charge is 0.313 e. The molecule has 0 aliphatic rings. The molecule has 2 unspecified atom stereocenters. The highest BCUT2D eigenvalue weighted by Gasteiger charge is 2.28. The average molecular weight is 240 g/mol. The minimum atomic E-state index is -4.06. The van der Waals surface area contributed by atoms with Crippen molar-refractivity contribution in [3.63, 3.8) is 0 Å². The van der Waals surface area contributed by atoms with E-state index in [1.165, 1.54) is 0 Å². The molecule has 2 nitrogen and oxygen atoms in total. The Hall–Kier alpha value is -0.290. The number of rotatable bonds is 7. The van der Waals surface area contributed by atoms with E-state index in [0.29, 0.717) is 0 Å². The number of nitrogens with zero attached hydrogens (tertiary/aromatic N) is 1. The fourth-order valence-corrected chi connectivity index (χ4v) is 1.73. The van der Waals surface area contributed by atoms with Gasteiger partial charge in [-0.3, -0.25) is 0 Å². The maximum atomic E-state index is 12.1. The van der Waals surface area contributed by atoms with Crippen molar-refractivity contribution in [2.75, 3.05) is 20.1 Å². The topological polar surface area (TPSA) is 15.3 Å². The van der Waals surface area contributed by atoms with Gasteiger partial charge in [-0.2, -0.15) is 13.2 Å². The molecule has 0 bridgehead atoms. The Morgan fingerprint density at radius 2 is 1.81 bits per heavy atom. The molecular weight excluding hydrogens is 217 g/mol. The molecule has 0 aromatic heterocycles. The van der Waals surface area contributed by atoms with E-state index in [9.17, 15) is 13.2 Å². The normalized spacial score (nSPS) is 16.5. The van der Waals surface area contributed by atoms with Crippen molar-refractivity contribution in [1.82, 2.24) is 10.2 Å². The van der Waals surface area contributed by atoms with Crippen molar-refractivity contribution in [3.05, 3.63) is 0 Å². The summed E-state index contributed by atoms with van der Waals surface area (Å²) >= 11 is 0. The standard InChI is InChI=1S/C11H23F3N2/c1-5-10(15-6-2)9(3)16(4)8-7-11(12,13)14/h9-10,15H,5-8H2,1-4H3. The SMILES string of the molecule is CCNC(CC)C(C)N(C)CCC(F)(F)F. The van der Waals surface area contributed by atoms with E-state index in [2.05, 4.69) is 5.32 Å². The third-order valence-corrected chi connectivity index (χ3v) is 2.93. The number of hydrogen-bond acceptors (Lipinski definition) is 2. The number of hydrogen-bond donors (Lipinski definition) is 1. The second kappa shape index (κ2) is 7.12. The highest BCUT2D eigenvalue weighted by molar-refractivity contribution is 4.78. The van der Waals surface area contributed by atoms with Crippen molar-refractivity contribution < 1.29 is 13.2 Å². The van der Waals surface area contributed by atoms with Gasteiger partial charge in [-0.1, -0.05) is 13.8 Å². The summed E-state index contributed by atoms with van der Waals surface area (Å²) < 4.78 is 36.2. The Balaban J connectivity index is 4.09. The third kappa shape index (κ3) is 6.33. The quantitative estimate of drug-likeness (QED) is 0.736. The maximum absolute atomic E-state index is 12.1. The van der Waals surface area contributed by atoms with Gasteiger partial charge in [0.15, 0.2) is 0 Å². The van der Waals surface area contributed by atoms with E-state index in [0.717, 1.165) is 13.0 Å². The molecule has 0 aliphatic carbocycles. The molecule has 0 fully saturated rings. The fraction of sp³-hybridized carbons (Fsp3) is 1.00. The molecule has 0 amide bonds. The van der Waals surface area contributed by atoms with Gasteiger partial charge < -0.3 is 10.2 Å². The predicted molar refractivity (Wildman–Crippen MR) is 60.5 cm³/mol. The Labute approximate surface area is 96.2 Å². The van der Waals surface area contributed by atoms with Crippen molar-refractivity contribution in [1.29, 1.82) is 0 Å². The van der Waals surface area contributed by atoms with Gasteiger partial charge >= 0.3 is 6.18 Å². The molecule has 0 rings (SSSR count). The van der Waals surface area contributed by atoms with Gasteiger partial charge in [-0.05, 0) is 26.9 Å². The van der Waals surface area contributed by atoms with Crippen molar-refractivity contribution in [3.8, 4) is 0 Å². The Bertz CT molecular complexity index is 183. The molecule has 0 saturated carbocycles. The lowest BCUT2D eigenvalue weighted by molar-refractivity contribution is -0.138. The molecule has 0 aromatic carbocycles. The van der Waals surface area contributed by atoms with Crippen LogP contribution in [-0.2, 0) is 0 Å². The second-order valence-electron chi connectivity index (χ2n) is 4.16. The van der Waals surface area contributed by atoms with Crippen molar-refractivity contribution in [2.24, 2.45) is 0 Å². The number of nitrogens with one attached hydrogen (secondary N) is 1. The van der Waals surface area contributed by atoms with E-state index in [1.54, 1.807) is 11.9 Å². The highest BCUT2D eigenvalue weighted by atomic mass is 19.4. The van der Waals surface area contributed by atoms with Gasteiger partial charge in [0.05, 0.1) is 6.42 Å². The van der Waals surface area contributed by atoms with Crippen LogP contribution in [0.5, 0.6) is 0 Å². The van der Waals surface area contributed by atoms with Crippen LogP contribution in [-0.4, -0.2) is 43.3 Å². The zero-order valence-corrected chi connectivity index (χ0v) is 10.6. The first-order valence-electron chi connectivity index (χ1n) is 5.82. The number of alkyl halides is 3. The van der Waals surface area contributed by atoms with E-state index >= 15 is 0 Å². The molecule has 5 heteroatoms. The maximum Gasteiger partial charge on any atom is 0.390 e. The summed E-state index contributed by atoms with van der Waals surface area (Å²) in [6.07, 6.45) is -3.88. The molecule has 0 aromatic rings. The highest BCUT2D eigenvalue weighted by Crippen LogP contribution is 2.20. The van der Waals surface area contributed by atoms with Gasteiger partial charge in [0.1, 0.15) is 0 Å². The van der Waals surface area contributed by atoms with Crippen LogP contribution in [0, 0.1) is 0 Å². The van der Waals surface area contributed by atoms with Crippen molar-refractivity contribution in [2.45, 2.75) is 51.9 Å². The Kier molecular flexibility index (Phi) is 6.99. The van der Waals surface area contributed by atoms with Gasteiger partial charge in [-0.15, -0.1) is 0 Å². The minimum absolute atomic E-state index is 0.0621. The van der Waals surface area contributed by atoms with Crippen LogP contribution in [0.1, 0.15) is 33.6 Å². The van der Waals surface area contributed by atoms with Crippen LogP contribution < -0.4 is 5.32 Å². The lowest BCUT2D eigenvalue weighted by atomic mass is 10.1.